The normalized spacial score (nSPS) is 10.4. The molecule has 0 aliphatic heterocycles. The average molecular weight is 283 g/mol. The Hall–Kier alpha value is -2.48. The summed E-state index contributed by atoms with van der Waals surface area (Å²) in [6.45, 7) is 9.69. The fourth-order valence-corrected chi connectivity index (χ4v) is 2.40. The van der Waals surface area contributed by atoms with E-state index in [0.29, 0.717) is 17.2 Å². The Morgan fingerprint density at radius 2 is 1.95 bits per heavy atom. The third-order valence-corrected chi connectivity index (χ3v) is 3.67. The van der Waals surface area contributed by atoms with Crippen molar-refractivity contribution < 1.29 is 0 Å². The Bertz CT molecular complexity index is 689. The average Bonchev–Trinajstić information content (AvgIpc) is 2.80. The van der Waals surface area contributed by atoms with E-state index in [9.17, 15) is 5.26 Å². The summed E-state index contributed by atoms with van der Waals surface area (Å²) in [5.41, 5.74) is 9.73. The van der Waals surface area contributed by atoms with Gasteiger partial charge in [-0.15, -0.1) is 5.10 Å². The molecule has 110 valence electrons. The first kappa shape index (κ1) is 14.9. The number of nitrogens with two attached hydrogens (primary N) is 1. The van der Waals surface area contributed by atoms with Crippen molar-refractivity contribution in [2.45, 2.75) is 27.7 Å². The first-order valence-corrected chi connectivity index (χ1v) is 7.14. The van der Waals surface area contributed by atoms with Gasteiger partial charge in [-0.1, -0.05) is 12.1 Å². The lowest BCUT2D eigenvalue weighted by Crippen LogP contribution is -2.23. The highest BCUT2D eigenvalue weighted by Gasteiger charge is 2.20. The van der Waals surface area contributed by atoms with E-state index in [0.717, 1.165) is 29.9 Å². The molecular formula is C16H21N5. The van der Waals surface area contributed by atoms with Crippen LogP contribution in [0.3, 0.4) is 0 Å². The number of hydrogen-bond donors (Lipinski definition) is 1. The Morgan fingerprint density at radius 3 is 2.52 bits per heavy atom. The van der Waals surface area contributed by atoms with Crippen molar-refractivity contribution in [3.8, 4) is 11.8 Å². The van der Waals surface area contributed by atoms with Gasteiger partial charge in [0.05, 0.1) is 5.69 Å². The first-order chi connectivity index (χ1) is 10.0. The number of nitrogens with zero attached hydrogens (tertiary/aromatic N) is 4. The second-order valence-electron chi connectivity index (χ2n) is 5.07. The summed E-state index contributed by atoms with van der Waals surface area (Å²) in [7, 11) is 0. The smallest absolute Gasteiger partial charge is 0.171 e. The van der Waals surface area contributed by atoms with Crippen molar-refractivity contribution in [3.05, 3.63) is 34.9 Å². The fourth-order valence-electron chi connectivity index (χ4n) is 2.40. The highest BCUT2D eigenvalue weighted by atomic mass is 15.4. The van der Waals surface area contributed by atoms with Crippen LogP contribution >= 0.6 is 0 Å². The van der Waals surface area contributed by atoms with E-state index in [-0.39, 0.29) is 0 Å². The minimum absolute atomic E-state index is 0.396. The van der Waals surface area contributed by atoms with Gasteiger partial charge < -0.3 is 10.6 Å². The van der Waals surface area contributed by atoms with E-state index < -0.39 is 0 Å². The number of nitriles is 1. The molecule has 0 saturated carbocycles. The van der Waals surface area contributed by atoms with E-state index in [2.05, 4.69) is 17.2 Å². The minimum Gasteiger partial charge on any atom is -0.382 e. The van der Waals surface area contributed by atoms with Crippen LogP contribution in [0.1, 0.15) is 30.5 Å². The highest BCUT2D eigenvalue weighted by molar-refractivity contribution is 5.67. The third-order valence-electron chi connectivity index (χ3n) is 3.67. The number of nitrogen functional groups attached to an aromatic ring is 1. The quantitative estimate of drug-likeness (QED) is 0.936. The maximum Gasteiger partial charge on any atom is 0.171 e. The van der Waals surface area contributed by atoms with Crippen LogP contribution in [-0.4, -0.2) is 22.9 Å². The van der Waals surface area contributed by atoms with E-state index in [4.69, 9.17) is 5.73 Å². The lowest BCUT2D eigenvalue weighted by atomic mass is 10.1. The van der Waals surface area contributed by atoms with Crippen LogP contribution in [-0.2, 0) is 0 Å². The number of anilines is 2. The van der Waals surface area contributed by atoms with Gasteiger partial charge in [-0.05, 0) is 44.9 Å². The molecule has 0 unspecified atom stereocenters. The van der Waals surface area contributed by atoms with Gasteiger partial charge in [-0.2, -0.15) is 5.26 Å². The molecule has 0 saturated heterocycles. The van der Waals surface area contributed by atoms with Crippen LogP contribution < -0.4 is 10.6 Å². The number of aryl methyl sites for hydroxylation is 2. The summed E-state index contributed by atoms with van der Waals surface area (Å²) in [6, 6.07) is 8.31. The van der Waals surface area contributed by atoms with E-state index >= 15 is 0 Å². The monoisotopic (exact) mass is 283 g/mol. The zero-order valence-corrected chi connectivity index (χ0v) is 13.0. The van der Waals surface area contributed by atoms with Crippen molar-refractivity contribution in [1.29, 1.82) is 5.26 Å². The van der Waals surface area contributed by atoms with Gasteiger partial charge >= 0.3 is 0 Å². The highest BCUT2D eigenvalue weighted by Crippen LogP contribution is 2.28. The molecule has 21 heavy (non-hydrogen) atoms. The lowest BCUT2D eigenvalue weighted by Gasteiger charge is -2.17. The zero-order chi connectivity index (χ0) is 15.6. The van der Waals surface area contributed by atoms with Gasteiger partial charge in [0.25, 0.3) is 0 Å². The standard InChI is InChI=1S/C16H21N5/c1-5-20(6-2)16-13(10-17)15(18)21(19-16)14-9-11(3)7-8-12(14)4/h7-9H,5-6,18H2,1-4H3. The summed E-state index contributed by atoms with van der Waals surface area (Å²) >= 11 is 0. The first-order valence-electron chi connectivity index (χ1n) is 7.14. The summed E-state index contributed by atoms with van der Waals surface area (Å²) in [5, 5.41) is 14.0. The molecule has 0 radical (unpaired) electrons. The van der Waals surface area contributed by atoms with Crippen LogP contribution in [0.15, 0.2) is 18.2 Å². The minimum atomic E-state index is 0.396. The van der Waals surface area contributed by atoms with Gasteiger partial charge in [-0.25, -0.2) is 4.68 Å². The van der Waals surface area contributed by atoms with Crippen LogP contribution in [0.5, 0.6) is 0 Å². The van der Waals surface area contributed by atoms with Crippen molar-refractivity contribution in [3.63, 3.8) is 0 Å². The second kappa shape index (κ2) is 5.88. The van der Waals surface area contributed by atoms with Crippen LogP contribution in [0.2, 0.25) is 0 Å². The third kappa shape index (κ3) is 2.57. The Balaban J connectivity index is 2.66. The molecule has 0 fully saturated rings. The number of rotatable bonds is 4. The molecule has 2 N–H and O–H groups in total. The Morgan fingerprint density at radius 1 is 1.29 bits per heavy atom. The predicted molar refractivity (Wildman–Crippen MR) is 85.7 cm³/mol. The molecule has 1 aromatic carbocycles. The molecule has 1 heterocycles. The van der Waals surface area contributed by atoms with E-state index in [1.54, 1.807) is 4.68 Å². The van der Waals surface area contributed by atoms with E-state index in [1.165, 1.54) is 0 Å². The van der Waals surface area contributed by atoms with Crippen molar-refractivity contribution in [2.75, 3.05) is 23.7 Å². The molecule has 0 amide bonds. The van der Waals surface area contributed by atoms with Crippen molar-refractivity contribution >= 4 is 11.6 Å². The van der Waals surface area contributed by atoms with Gasteiger partial charge in [0.15, 0.2) is 5.82 Å². The molecule has 5 heteroatoms. The SMILES string of the molecule is CCN(CC)c1nn(-c2cc(C)ccc2C)c(N)c1C#N. The molecule has 5 nitrogen and oxygen atoms in total. The van der Waals surface area contributed by atoms with Crippen LogP contribution in [0.25, 0.3) is 5.69 Å². The topological polar surface area (TPSA) is 70.9 Å². The Labute approximate surface area is 125 Å². The molecule has 2 aromatic rings. The molecule has 1 aromatic heterocycles. The zero-order valence-electron chi connectivity index (χ0n) is 13.0. The number of hydrogen-bond acceptors (Lipinski definition) is 4. The summed E-state index contributed by atoms with van der Waals surface area (Å²) in [4.78, 5) is 2.04. The van der Waals surface area contributed by atoms with Crippen molar-refractivity contribution in [2.24, 2.45) is 0 Å². The predicted octanol–water partition coefficient (Wildman–Crippen LogP) is 2.79. The second-order valence-corrected chi connectivity index (χ2v) is 5.07. The fraction of sp³-hybridized carbons (Fsp3) is 0.375. The molecule has 2 rings (SSSR count). The molecule has 0 atom stereocenters. The summed E-state index contributed by atoms with van der Waals surface area (Å²) < 4.78 is 1.68. The lowest BCUT2D eigenvalue weighted by molar-refractivity contribution is 0.806. The van der Waals surface area contributed by atoms with Crippen LogP contribution in [0.4, 0.5) is 11.6 Å². The van der Waals surface area contributed by atoms with Gasteiger partial charge in [-0.3, -0.25) is 0 Å². The largest absolute Gasteiger partial charge is 0.382 e. The number of benzene rings is 1. The molecule has 0 aliphatic carbocycles. The van der Waals surface area contributed by atoms with Gasteiger partial charge in [0.1, 0.15) is 17.5 Å². The molecule has 0 aliphatic rings. The Kier molecular flexibility index (Phi) is 4.18. The van der Waals surface area contributed by atoms with Gasteiger partial charge in [0, 0.05) is 13.1 Å². The van der Waals surface area contributed by atoms with Crippen molar-refractivity contribution in [1.82, 2.24) is 9.78 Å². The van der Waals surface area contributed by atoms with E-state index in [1.807, 2.05) is 44.7 Å². The molecular weight excluding hydrogens is 262 g/mol. The van der Waals surface area contributed by atoms with Gasteiger partial charge in [0.2, 0.25) is 0 Å². The summed E-state index contributed by atoms with van der Waals surface area (Å²) in [6.07, 6.45) is 0. The maximum atomic E-state index is 9.41. The molecule has 0 bridgehead atoms. The number of aromatic nitrogens is 2. The molecule has 0 spiro atoms. The summed E-state index contributed by atoms with van der Waals surface area (Å²) in [5.74, 6) is 1.05. The van der Waals surface area contributed by atoms with Crippen LogP contribution in [0, 0.1) is 25.2 Å². The maximum absolute atomic E-state index is 9.41.